The Morgan fingerprint density at radius 3 is 2.65 bits per heavy atom. The third-order valence-corrected chi connectivity index (χ3v) is 5.81. The van der Waals surface area contributed by atoms with Crippen LogP contribution in [0.3, 0.4) is 0 Å². The number of nitrogens with zero attached hydrogens (tertiary/aromatic N) is 2. The van der Waals surface area contributed by atoms with Crippen molar-refractivity contribution in [3.8, 4) is 11.8 Å². The predicted octanol–water partition coefficient (Wildman–Crippen LogP) is 2.68. The Morgan fingerprint density at radius 1 is 1.26 bits per heavy atom. The van der Waals surface area contributed by atoms with E-state index in [1.54, 1.807) is 12.1 Å². The average molecular weight is 436 g/mol. The first-order chi connectivity index (χ1) is 14.9. The average Bonchev–Trinajstić information content (AvgIpc) is 3.05. The number of aromatic nitrogens is 1. The van der Waals surface area contributed by atoms with Crippen molar-refractivity contribution in [3.63, 3.8) is 0 Å². The number of amides is 1. The molecule has 0 bridgehead atoms. The molecule has 0 fully saturated rings. The van der Waals surface area contributed by atoms with Crippen LogP contribution in [0.1, 0.15) is 30.0 Å². The van der Waals surface area contributed by atoms with Gasteiger partial charge >= 0.3 is 0 Å². The van der Waals surface area contributed by atoms with Gasteiger partial charge < -0.3 is 5.32 Å². The molecule has 1 N–H and O–H groups in total. The molecule has 0 spiro atoms. The topological polar surface area (TPSA) is 74.9 Å². The predicted molar refractivity (Wildman–Crippen MR) is 121 cm³/mol. The van der Waals surface area contributed by atoms with Gasteiger partial charge in [0.05, 0.1) is 10.2 Å². The summed E-state index contributed by atoms with van der Waals surface area (Å²) < 4.78 is 16.1. The van der Waals surface area contributed by atoms with Crippen molar-refractivity contribution in [2.75, 3.05) is 6.54 Å². The zero-order valence-electron chi connectivity index (χ0n) is 17.5. The Labute approximate surface area is 183 Å². The highest BCUT2D eigenvalue weighted by molar-refractivity contribution is 7.07. The molecule has 3 rings (SSSR count). The fourth-order valence-corrected chi connectivity index (χ4v) is 4.24. The van der Waals surface area contributed by atoms with E-state index in [2.05, 4.69) is 5.32 Å². The molecule has 0 atom stereocenters. The number of halogens is 1. The van der Waals surface area contributed by atoms with E-state index >= 15 is 0 Å². The van der Waals surface area contributed by atoms with Gasteiger partial charge in [0.15, 0.2) is 5.57 Å². The maximum atomic E-state index is 14.6. The van der Waals surface area contributed by atoms with Gasteiger partial charge in [-0.25, -0.2) is 4.39 Å². The monoisotopic (exact) mass is 435 g/mol. The van der Waals surface area contributed by atoms with E-state index in [-0.39, 0.29) is 15.9 Å². The Kier molecular flexibility index (Phi) is 6.83. The number of para-hydroxylation sites is 1. The summed E-state index contributed by atoms with van der Waals surface area (Å²) in [6, 6.07) is 13.5. The minimum atomic E-state index is -0.618. The van der Waals surface area contributed by atoms with Crippen molar-refractivity contribution in [1.82, 2.24) is 9.88 Å². The highest BCUT2D eigenvalue weighted by Crippen LogP contribution is 2.12. The van der Waals surface area contributed by atoms with Gasteiger partial charge in [-0.15, -0.1) is 11.3 Å². The fourth-order valence-electron chi connectivity index (χ4n) is 3.15. The van der Waals surface area contributed by atoms with Crippen LogP contribution in [0.25, 0.3) is 17.3 Å². The van der Waals surface area contributed by atoms with Crippen molar-refractivity contribution < 1.29 is 9.18 Å². The molecule has 1 heterocycles. The summed E-state index contributed by atoms with van der Waals surface area (Å²) in [7, 11) is 0. The maximum absolute atomic E-state index is 14.6. The molecule has 0 unspecified atom stereocenters. The lowest BCUT2D eigenvalue weighted by atomic mass is 10.1. The molecule has 7 heteroatoms. The van der Waals surface area contributed by atoms with Crippen LogP contribution in [0.15, 0.2) is 47.3 Å². The lowest BCUT2D eigenvalue weighted by Crippen LogP contribution is -2.34. The summed E-state index contributed by atoms with van der Waals surface area (Å²) in [4.78, 5) is 25.9. The van der Waals surface area contributed by atoms with Crippen LogP contribution in [0.4, 0.5) is 4.39 Å². The quantitative estimate of drug-likeness (QED) is 0.670. The lowest BCUT2D eigenvalue weighted by Gasteiger charge is -2.05. The summed E-state index contributed by atoms with van der Waals surface area (Å²) in [5, 5.41) is 12.4. The molecule has 0 aliphatic heterocycles. The number of aryl methyl sites for hydroxylation is 2. The van der Waals surface area contributed by atoms with Crippen LogP contribution < -0.4 is 20.1 Å². The number of benzene rings is 2. The van der Waals surface area contributed by atoms with Crippen LogP contribution in [-0.2, 0) is 4.79 Å². The first-order valence-electron chi connectivity index (χ1n) is 9.85. The SMILES string of the molecule is CCCNC(=O)C(C#N)=c1sc(=Cc2ccc(C)cc2C)c(=O)n1-c1ccccc1F. The minimum Gasteiger partial charge on any atom is -0.351 e. The highest BCUT2D eigenvalue weighted by Gasteiger charge is 2.18. The zero-order chi connectivity index (χ0) is 22.5. The van der Waals surface area contributed by atoms with E-state index in [1.807, 2.05) is 45.0 Å². The molecule has 0 aliphatic carbocycles. The van der Waals surface area contributed by atoms with Crippen molar-refractivity contribution in [3.05, 3.63) is 84.5 Å². The standard InChI is InChI=1S/C24H22FN3O2S/c1-4-11-27-22(29)18(14-26)24-28(20-8-6-5-7-19(20)25)23(30)21(31-24)13-17-10-9-15(2)12-16(17)3/h5-10,12-13H,4,11H2,1-3H3,(H,27,29). The highest BCUT2D eigenvalue weighted by atomic mass is 32.1. The van der Waals surface area contributed by atoms with Gasteiger partial charge in [0.1, 0.15) is 16.5 Å². The number of hydrogen-bond donors (Lipinski definition) is 1. The van der Waals surface area contributed by atoms with Gasteiger partial charge in [-0.05, 0) is 49.6 Å². The van der Waals surface area contributed by atoms with Crippen LogP contribution >= 0.6 is 11.3 Å². The molecule has 31 heavy (non-hydrogen) atoms. The zero-order valence-corrected chi connectivity index (χ0v) is 18.3. The van der Waals surface area contributed by atoms with Gasteiger partial charge in [0.2, 0.25) is 0 Å². The first kappa shape index (κ1) is 22.2. The van der Waals surface area contributed by atoms with E-state index < -0.39 is 17.3 Å². The largest absolute Gasteiger partial charge is 0.351 e. The third kappa shape index (κ3) is 4.65. The second kappa shape index (κ2) is 9.54. The molecule has 2 aromatic carbocycles. The third-order valence-electron chi connectivity index (χ3n) is 4.72. The van der Waals surface area contributed by atoms with E-state index in [4.69, 9.17) is 0 Å². The normalized spacial score (nSPS) is 12.4. The number of carbonyl (C=O) groups is 1. The molecule has 0 aliphatic rings. The second-order valence-corrected chi connectivity index (χ2v) is 8.14. The van der Waals surface area contributed by atoms with Crippen molar-refractivity contribution in [2.45, 2.75) is 27.2 Å². The van der Waals surface area contributed by atoms with E-state index in [0.717, 1.165) is 32.6 Å². The van der Waals surface area contributed by atoms with Gasteiger partial charge in [0, 0.05) is 6.54 Å². The van der Waals surface area contributed by atoms with Gasteiger partial charge in [-0.3, -0.25) is 14.2 Å². The number of nitriles is 1. The number of thiazole rings is 1. The summed E-state index contributed by atoms with van der Waals surface area (Å²) >= 11 is 1.000. The number of nitrogens with one attached hydrogen (secondary N) is 1. The summed E-state index contributed by atoms with van der Waals surface area (Å²) in [5.74, 6) is -1.21. The van der Waals surface area contributed by atoms with E-state index in [0.29, 0.717) is 17.5 Å². The smallest absolute Gasteiger partial charge is 0.273 e. The van der Waals surface area contributed by atoms with Crippen molar-refractivity contribution >= 4 is 28.9 Å². The fraction of sp³-hybridized carbons (Fsp3) is 0.208. The Bertz CT molecular complexity index is 1360. The molecular formula is C24H22FN3O2S. The lowest BCUT2D eigenvalue weighted by molar-refractivity contribution is -0.115. The van der Waals surface area contributed by atoms with Crippen LogP contribution in [0.5, 0.6) is 0 Å². The molecule has 1 aromatic heterocycles. The van der Waals surface area contributed by atoms with Crippen molar-refractivity contribution in [2.24, 2.45) is 0 Å². The number of rotatable bonds is 5. The molecule has 0 saturated carbocycles. The summed E-state index contributed by atoms with van der Waals surface area (Å²) in [6.07, 6.45) is 2.41. The molecule has 158 valence electrons. The Hall–Kier alpha value is -3.50. The van der Waals surface area contributed by atoms with Gasteiger partial charge in [-0.2, -0.15) is 5.26 Å². The van der Waals surface area contributed by atoms with Crippen LogP contribution in [-0.4, -0.2) is 17.0 Å². The molecule has 0 saturated heterocycles. The molecule has 0 radical (unpaired) electrons. The Balaban J connectivity index is 2.39. The minimum absolute atomic E-state index is 0.00457. The van der Waals surface area contributed by atoms with E-state index in [1.165, 1.54) is 18.2 Å². The molecule has 3 aromatic rings. The van der Waals surface area contributed by atoms with Gasteiger partial charge in [0.25, 0.3) is 11.5 Å². The summed E-state index contributed by atoms with van der Waals surface area (Å²) in [5.41, 5.74) is 2.20. The molecule has 5 nitrogen and oxygen atoms in total. The Morgan fingerprint density at radius 2 is 2.00 bits per heavy atom. The van der Waals surface area contributed by atoms with Crippen LogP contribution in [0, 0.1) is 31.0 Å². The molecular weight excluding hydrogens is 413 g/mol. The molecule has 1 amide bonds. The first-order valence-corrected chi connectivity index (χ1v) is 10.7. The van der Waals surface area contributed by atoms with Gasteiger partial charge in [-0.1, -0.05) is 42.8 Å². The summed E-state index contributed by atoms with van der Waals surface area (Å²) in [6.45, 7) is 6.20. The van der Waals surface area contributed by atoms with Crippen molar-refractivity contribution in [1.29, 1.82) is 5.26 Å². The second-order valence-electron chi connectivity index (χ2n) is 7.11. The number of carbonyl (C=O) groups excluding carboxylic acids is 1. The van der Waals surface area contributed by atoms with Crippen LogP contribution in [0.2, 0.25) is 0 Å². The maximum Gasteiger partial charge on any atom is 0.273 e. The van der Waals surface area contributed by atoms with E-state index in [9.17, 15) is 19.2 Å². The number of hydrogen-bond acceptors (Lipinski definition) is 4.